The van der Waals surface area contributed by atoms with E-state index in [9.17, 15) is 0 Å². The first-order valence-corrected chi connectivity index (χ1v) is 13.5. The summed E-state index contributed by atoms with van der Waals surface area (Å²) in [6.45, 7) is 19.7. The Hall–Kier alpha value is -1.66. The van der Waals surface area contributed by atoms with Crippen molar-refractivity contribution < 1.29 is 0 Å². The van der Waals surface area contributed by atoms with Crippen LogP contribution in [0.25, 0.3) is 12.2 Å². The third kappa shape index (κ3) is 13.0. The predicted molar refractivity (Wildman–Crippen MR) is 167 cm³/mol. The molecule has 1 atom stereocenters. The number of hydrogen-bond acceptors (Lipinski definition) is 3. The predicted octanol–water partition coefficient (Wildman–Crippen LogP) is 7.05. The second-order valence-corrected chi connectivity index (χ2v) is 9.26. The summed E-state index contributed by atoms with van der Waals surface area (Å²) >= 11 is 21.2. The van der Waals surface area contributed by atoms with Gasteiger partial charge in [-0.3, -0.25) is 0 Å². The van der Waals surface area contributed by atoms with E-state index in [2.05, 4.69) is 54.9 Å². The molecule has 1 unspecified atom stereocenters. The number of nitrogens with two attached hydrogens (primary N) is 1. The van der Waals surface area contributed by atoms with Gasteiger partial charge in [-0.25, -0.2) is 0 Å². The van der Waals surface area contributed by atoms with E-state index in [0.717, 1.165) is 41.7 Å². The zero-order valence-corrected chi connectivity index (χ0v) is 24.8. The number of benzene rings is 1. The number of rotatable bonds is 11. The molecule has 2 aromatic rings. The van der Waals surface area contributed by atoms with Gasteiger partial charge in [0.1, 0.15) is 0 Å². The maximum atomic E-state index is 5.89. The number of nitrogens with one attached hydrogen (secondary N) is 2. The second kappa shape index (κ2) is 20.4. The Labute approximate surface area is 237 Å². The van der Waals surface area contributed by atoms with E-state index in [1.165, 1.54) is 10.8 Å². The highest BCUT2D eigenvalue weighted by Gasteiger charge is 2.10. The molecular weight excluding hydrogens is 529 g/mol. The molecule has 2 rings (SSSR count). The van der Waals surface area contributed by atoms with Crippen LogP contribution in [0.4, 0.5) is 0 Å². The van der Waals surface area contributed by atoms with Crippen molar-refractivity contribution in [2.45, 2.75) is 38.5 Å². The molecule has 198 valence electrons. The zero-order chi connectivity index (χ0) is 27.5. The topological polar surface area (TPSA) is 53.8 Å². The van der Waals surface area contributed by atoms with Gasteiger partial charge in [-0.05, 0) is 80.7 Å². The van der Waals surface area contributed by atoms with Crippen LogP contribution >= 0.6 is 47.4 Å². The molecule has 3 nitrogen and oxygen atoms in total. The Kier molecular flexibility index (Phi) is 19.5. The Balaban J connectivity index is 0.000000922. The number of H-pyrrole nitrogens is 1. The molecule has 0 aliphatic rings. The first kappa shape index (κ1) is 34.3. The van der Waals surface area contributed by atoms with Crippen LogP contribution < -0.4 is 21.6 Å². The lowest BCUT2D eigenvalue weighted by Gasteiger charge is -2.16. The first-order chi connectivity index (χ1) is 17.3. The van der Waals surface area contributed by atoms with Crippen LogP contribution in [0, 0.1) is 5.92 Å². The molecule has 0 bridgehead atoms. The largest absolute Gasteiger partial charge is 0.361 e. The molecule has 1 aromatic carbocycles. The minimum atomic E-state index is 0.235. The fourth-order valence-electron chi connectivity index (χ4n) is 3.31. The first-order valence-electron chi connectivity index (χ1n) is 12.0. The van der Waals surface area contributed by atoms with Gasteiger partial charge in [0.05, 0.1) is 10.0 Å². The highest BCUT2D eigenvalue weighted by Crippen LogP contribution is 2.23. The monoisotopic (exact) mass is 567 g/mol. The van der Waals surface area contributed by atoms with E-state index in [1.54, 1.807) is 18.2 Å². The average Bonchev–Trinajstić information content (AvgIpc) is 3.26. The number of aromatic nitrogens is 1. The van der Waals surface area contributed by atoms with Gasteiger partial charge in [0.2, 0.25) is 0 Å². The van der Waals surface area contributed by atoms with E-state index in [4.69, 9.17) is 40.5 Å². The highest BCUT2D eigenvalue weighted by molar-refractivity contribution is 7.80. The van der Waals surface area contributed by atoms with Crippen LogP contribution in [-0.4, -0.2) is 24.6 Å². The molecule has 1 heterocycles. The van der Waals surface area contributed by atoms with E-state index in [-0.39, 0.29) is 5.92 Å². The molecule has 36 heavy (non-hydrogen) atoms. The number of hydrogen-bond donors (Lipinski definition) is 4. The molecule has 0 saturated heterocycles. The molecule has 0 spiro atoms. The molecule has 0 aliphatic heterocycles. The van der Waals surface area contributed by atoms with Crippen LogP contribution in [0.3, 0.4) is 0 Å². The minimum absolute atomic E-state index is 0.235. The standard InChI is InChI=1S/C21H30ClN3.C6H4Cl2S.C2H6/c1-5-8-20-19(15-25-21(20)7-3)10-12-24-11-9-18(14-23)17(6-2)13-16(4)22;7-5-2-1-4(9)3-6(5)8;1-2/h5-8,13,15,18,24-25H,1-2,4,9-12,14,23H2,3H3;1-3,9H;1-2H3/b17-13+,20-8-,21-7+;;. The molecule has 0 saturated carbocycles. The van der Waals surface area contributed by atoms with Gasteiger partial charge < -0.3 is 16.0 Å². The van der Waals surface area contributed by atoms with E-state index in [0.29, 0.717) is 21.6 Å². The summed E-state index contributed by atoms with van der Waals surface area (Å²) in [6, 6.07) is 5.20. The summed E-state index contributed by atoms with van der Waals surface area (Å²) in [5, 5.41) is 7.46. The zero-order valence-electron chi connectivity index (χ0n) is 21.6. The number of halogens is 3. The Morgan fingerprint density at radius 2 is 1.89 bits per heavy atom. The summed E-state index contributed by atoms with van der Waals surface area (Å²) in [4.78, 5) is 4.12. The molecule has 0 fully saturated rings. The van der Waals surface area contributed by atoms with Crippen LogP contribution in [0.15, 0.2) is 77.9 Å². The van der Waals surface area contributed by atoms with Gasteiger partial charge in [0.15, 0.2) is 0 Å². The fourth-order valence-corrected chi connectivity index (χ4v) is 4.01. The third-order valence-corrected chi connectivity index (χ3v) is 6.20. The van der Waals surface area contributed by atoms with Crippen LogP contribution in [0.2, 0.25) is 10.0 Å². The molecule has 4 N–H and O–H groups in total. The summed E-state index contributed by atoms with van der Waals surface area (Å²) in [5.41, 5.74) is 8.23. The van der Waals surface area contributed by atoms with Gasteiger partial charge in [-0.1, -0.05) is 92.7 Å². The summed E-state index contributed by atoms with van der Waals surface area (Å²) in [6.07, 6.45) is 13.6. The Bertz CT molecular complexity index is 1100. The summed E-state index contributed by atoms with van der Waals surface area (Å²) in [5.74, 6) is 0.235. The smallest absolute Gasteiger partial charge is 0.0603 e. The fraction of sp³-hybridized carbons (Fsp3) is 0.310. The van der Waals surface area contributed by atoms with Crippen LogP contribution in [0.5, 0.6) is 0 Å². The number of aromatic amines is 1. The Morgan fingerprint density at radius 1 is 1.19 bits per heavy atom. The van der Waals surface area contributed by atoms with Crippen molar-refractivity contribution >= 4 is 59.6 Å². The maximum absolute atomic E-state index is 5.89. The normalized spacial score (nSPS) is 12.7. The van der Waals surface area contributed by atoms with Crippen LogP contribution in [-0.2, 0) is 6.42 Å². The maximum Gasteiger partial charge on any atom is 0.0603 e. The van der Waals surface area contributed by atoms with Crippen molar-refractivity contribution in [3.63, 3.8) is 0 Å². The van der Waals surface area contributed by atoms with Crippen molar-refractivity contribution in [2.24, 2.45) is 11.7 Å². The molecule has 0 radical (unpaired) electrons. The highest BCUT2D eigenvalue weighted by atomic mass is 35.5. The lowest BCUT2D eigenvalue weighted by atomic mass is 9.95. The van der Waals surface area contributed by atoms with E-state index < -0.39 is 0 Å². The molecule has 7 heteroatoms. The van der Waals surface area contributed by atoms with E-state index in [1.807, 2.05) is 45.1 Å². The van der Waals surface area contributed by atoms with Crippen molar-refractivity contribution in [3.8, 4) is 0 Å². The number of allylic oxidation sites excluding steroid dienone is 4. The quantitative estimate of drug-likeness (QED) is 0.133. The van der Waals surface area contributed by atoms with Crippen molar-refractivity contribution in [2.75, 3.05) is 19.6 Å². The molecule has 0 aliphatic carbocycles. The van der Waals surface area contributed by atoms with Crippen molar-refractivity contribution in [3.05, 3.63) is 99.1 Å². The lowest BCUT2D eigenvalue weighted by Crippen LogP contribution is -2.28. The molecule has 1 aromatic heterocycles. The van der Waals surface area contributed by atoms with Gasteiger partial charge >= 0.3 is 0 Å². The van der Waals surface area contributed by atoms with Gasteiger partial charge in [0, 0.05) is 26.7 Å². The van der Waals surface area contributed by atoms with Gasteiger partial charge in [-0.2, -0.15) is 0 Å². The van der Waals surface area contributed by atoms with E-state index >= 15 is 0 Å². The second-order valence-electron chi connectivity index (χ2n) is 7.45. The number of thiol groups is 1. The molecular formula is C29H40Cl3N3S. The van der Waals surface area contributed by atoms with Gasteiger partial charge in [-0.15, -0.1) is 12.6 Å². The summed E-state index contributed by atoms with van der Waals surface area (Å²) < 4.78 is 0. The molecule has 0 amide bonds. The average molecular weight is 569 g/mol. The SMILES string of the molecule is C=C/C=c1/c(CCNCCC(CN)/C(C=C)=C/C(=C)Cl)c[nH]/c1=C/C.CC.Sc1ccc(Cl)c(Cl)c1. The third-order valence-electron chi connectivity index (χ3n) is 5.07. The van der Waals surface area contributed by atoms with Crippen molar-refractivity contribution in [1.82, 2.24) is 10.3 Å². The Morgan fingerprint density at radius 3 is 2.39 bits per heavy atom. The van der Waals surface area contributed by atoms with Crippen LogP contribution in [0.1, 0.15) is 32.8 Å². The minimum Gasteiger partial charge on any atom is -0.361 e. The lowest BCUT2D eigenvalue weighted by molar-refractivity contribution is 0.537. The van der Waals surface area contributed by atoms with Gasteiger partial charge in [0.25, 0.3) is 0 Å². The summed E-state index contributed by atoms with van der Waals surface area (Å²) in [7, 11) is 0. The van der Waals surface area contributed by atoms with Crippen molar-refractivity contribution in [1.29, 1.82) is 0 Å².